The van der Waals surface area contributed by atoms with Crippen LogP contribution >= 0.6 is 0 Å². The van der Waals surface area contributed by atoms with Crippen LogP contribution in [0.2, 0.25) is 0 Å². The molecule has 6 nitrogen and oxygen atoms in total. The summed E-state index contributed by atoms with van der Waals surface area (Å²) >= 11 is 0. The van der Waals surface area contributed by atoms with Crippen LogP contribution in [0.3, 0.4) is 0 Å². The van der Waals surface area contributed by atoms with Crippen LogP contribution in [0.1, 0.15) is 37.8 Å². The fraction of sp³-hybridized carbons (Fsp3) is 0.412. The van der Waals surface area contributed by atoms with Gasteiger partial charge in [0.15, 0.2) is 0 Å². The maximum Gasteiger partial charge on any atom is 0.315 e. The largest absolute Gasteiger partial charge is 0.497 e. The summed E-state index contributed by atoms with van der Waals surface area (Å²) in [6, 6.07) is 7.80. The van der Waals surface area contributed by atoms with Crippen molar-refractivity contribution in [2.75, 3.05) is 7.11 Å². The quantitative estimate of drug-likeness (QED) is 0.891. The Morgan fingerprint density at radius 3 is 2.96 bits per heavy atom. The molecule has 0 aliphatic heterocycles. The summed E-state index contributed by atoms with van der Waals surface area (Å²) < 4.78 is 7.01. The molecule has 1 saturated carbocycles. The van der Waals surface area contributed by atoms with Crippen LogP contribution in [-0.4, -0.2) is 29.0 Å². The predicted octanol–water partition coefficient (Wildman–Crippen LogP) is 2.79. The molecule has 1 aliphatic rings. The van der Waals surface area contributed by atoms with Gasteiger partial charge in [0.05, 0.1) is 25.0 Å². The molecule has 3 rings (SSSR count). The van der Waals surface area contributed by atoms with E-state index in [4.69, 9.17) is 4.74 Å². The van der Waals surface area contributed by atoms with Gasteiger partial charge in [0.2, 0.25) is 0 Å². The lowest BCUT2D eigenvalue weighted by Crippen LogP contribution is -2.45. The third kappa shape index (κ3) is 3.64. The van der Waals surface area contributed by atoms with E-state index in [9.17, 15) is 4.79 Å². The molecule has 6 heteroatoms. The molecule has 1 heterocycles. The molecule has 0 radical (unpaired) electrons. The minimum absolute atomic E-state index is 0.102. The molecule has 2 aromatic rings. The van der Waals surface area contributed by atoms with Crippen molar-refractivity contribution in [3.63, 3.8) is 0 Å². The smallest absolute Gasteiger partial charge is 0.315 e. The maximum absolute atomic E-state index is 11.9. The number of benzene rings is 1. The van der Waals surface area contributed by atoms with E-state index < -0.39 is 0 Å². The molecular weight excluding hydrogens is 292 g/mol. The van der Waals surface area contributed by atoms with Crippen molar-refractivity contribution in [3.8, 4) is 11.4 Å². The average Bonchev–Trinajstić information content (AvgIpc) is 3.01. The Labute approximate surface area is 135 Å². The van der Waals surface area contributed by atoms with Crippen molar-refractivity contribution < 1.29 is 9.53 Å². The fourth-order valence-corrected chi connectivity index (χ4v) is 2.51. The highest BCUT2D eigenvalue weighted by atomic mass is 16.5. The van der Waals surface area contributed by atoms with Crippen molar-refractivity contribution in [2.24, 2.45) is 0 Å². The molecule has 2 amide bonds. The number of nitrogens with zero attached hydrogens (tertiary/aromatic N) is 2. The van der Waals surface area contributed by atoms with Crippen molar-refractivity contribution in [1.82, 2.24) is 20.4 Å². The first-order chi connectivity index (χ1) is 11.2. The van der Waals surface area contributed by atoms with E-state index in [-0.39, 0.29) is 12.1 Å². The number of ether oxygens (including phenoxy) is 1. The predicted molar refractivity (Wildman–Crippen MR) is 87.8 cm³/mol. The van der Waals surface area contributed by atoms with Crippen LogP contribution in [0.15, 0.2) is 36.7 Å². The van der Waals surface area contributed by atoms with Crippen LogP contribution in [0, 0.1) is 0 Å². The molecule has 2 N–H and O–H groups in total. The molecule has 122 valence electrons. The minimum atomic E-state index is -0.115. The van der Waals surface area contributed by atoms with E-state index >= 15 is 0 Å². The number of carbonyl (C=O) groups excluding carboxylic acids is 1. The minimum Gasteiger partial charge on any atom is -0.497 e. The summed E-state index contributed by atoms with van der Waals surface area (Å²) in [6.45, 7) is 1.95. The van der Waals surface area contributed by atoms with Gasteiger partial charge in [-0.15, -0.1) is 0 Å². The third-order valence-corrected chi connectivity index (χ3v) is 4.21. The van der Waals surface area contributed by atoms with Gasteiger partial charge in [0, 0.05) is 23.9 Å². The highest BCUT2D eigenvalue weighted by molar-refractivity contribution is 5.74. The molecule has 0 unspecified atom stereocenters. The molecular formula is C17H22N4O2. The molecule has 1 aromatic carbocycles. The second-order valence-corrected chi connectivity index (χ2v) is 5.89. The Morgan fingerprint density at radius 1 is 1.43 bits per heavy atom. The van der Waals surface area contributed by atoms with Gasteiger partial charge in [-0.2, -0.15) is 5.10 Å². The number of hydrogen-bond acceptors (Lipinski definition) is 3. The summed E-state index contributed by atoms with van der Waals surface area (Å²) in [5.41, 5.74) is 1.87. The van der Waals surface area contributed by atoms with E-state index in [0.29, 0.717) is 6.04 Å². The van der Waals surface area contributed by atoms with Crippen LogP contribution in [-0.2, 0) is 0 Å². The lowest BCUT2D eigenvalue weighted by atomic mass is 9.93. The zero-order valence-corrected chi connectivity index (χ0v) is 13.5. The number of methoxy groups -OCH3 is 1. The SMILES string of the molecule is COc1cccc(-n2cc([C@@H](C)NC(=O)NC3CCC3)cn2)c1. The first-order valence-electron chi connectivity index (χ1n) is 7.92. The summed E-state index contributed by atoms with van der Waals surface area (Å²) in [4.78, 5) is 11.9. The van der Waals surface area contributed by atoms with Gasteiger partial charge in [-0.25, -0.2) is 9.48 Å². The van der Waals surface area contributed by atoms with Crippen molar-refractivity contribution >= 4 is 6.03 Å². The Hall–Kier alpha value is -2.50. The molecule has 1 aromatic heterocycles. The summed E-state index contributed by atoms with van der Waals surface area (Å²) in [5, 5.41) is 10.3. The molecule has 23 heavy (non-hydrogen) atoms. The van der Waals surface area contributed by atoms with E-state index in [1.165, 1.54) is 6.42 Å². The lowest BCUT2D eigenvalue weighted by molar-refractivity contribution is 0.225. The monoisotopic (exact) mass is 314 g/mol. The number of amides is 2. The molecule has 0 saturated heterocycles. The second-order valence-electron chi connectivity index (χ2n) is 5.89. The molecule has 1 atom stereocenters. The number of urea groups is 1. The molecule has 1 fully saturated rings. The average molecular weight is 314 g/mol. The van der Waals surface area contributed by atoms with Crippen molar-refractivity contribution in [1.29, 1.82) is 0 Å². The van der Waals surface area contributed by atoms with Gasteiger partial charge in [-0.1, -0.05) is 6.07 Å². The second kappa shape index (κ2) is 6.73. The van der Waals surface area contributed by atoms with E-state index in [0.717, 1.165) is 29.8 Å². The van der Waals surface area contributed by atoms with Gasteiger partial charge >= 0.3 is 6.03 Å². The number of nitrogens with one attached hydrogen (secondary N) is 2. The lowest BCUT2D eigenvalue weighted by Gasteiger charge is -2.27. The number of rotatable bonds is 5. The Bertz CT molecular complexity index is 679. The number of hydrogen-bond donors (Lipinski definition) is 2. The Balaban J connectivity index is 1.64. The highest BCUT2D eigenvalue weighted by Crippen LogP contribution is 2.19. The molecule has 0 spiro atoms. The number of carbonyl (C=O) groups is 1. The highest BCUT2D eigenvalue weighted by Gasteiger charge is 2.20. The third-order valence-electron chi connectivity index (χ3n) is 4.21. The van der Waals surface area contributed by atoms with Crippen LogP contribution < -0.4 is 15.4 Å². The molecule has 0 bridgehead atoms. The van der Waals surface area contributed by atoms with Gasteiger partial charge in [0.25, 0.3) is 0 Å². The Morgan fingerprint density at radius 2 is 2.26 bits per heavy atom. The van der Waals surface area contributed by atoms with Crippen molar-refractivity contribution in [3.05, 3.63) is 42.2 Å². The first kappa shape index (κ1) is 15.4. The molecule has 1 aliphatic carbocycles. The summed E-state index contributed by atoms with van der Waals surface area (Å²) in [7, 11) is 1.64. The zero-order chi connectivity index (χ0) is 16.2. The maximum atomic E-state index is 11.9. The Kier molecular flexibility index (Phi) is 4.50. The van der Waals surface area contributed by atoms with E-state index in [1.807, 2.05) is 37.4 Å². The van der Waals surface area contributed by atoms with Crippen LogP contribution in [0.5, 0.6) is 5.75 Å². The van der Waals surface area contributed by atoms with Crippen LogP contribution in [0.4, 0.5) is 4.79 Å². The topological polar surface area (TPSA) is 68.2 Å². The summed E-state index contributed by atoms with van der Waals surface area (Å²) in [5.74, 6) is 0.783. The van der Waals surface area contributed by atoms with Gasteiger partial charge in [-0.05, 0) is 38.3 Å². The fourth-order valence-electron chi connectivity index (χ4n) is 2.51. The van der Waals surface area contributed by atoms with Crippen LogP contribution in [0.25, 0.3) is 5.69 Å². The summed E-state index contributed by atoms with van der Waals surface area (Å²) in [6.07, 6.45) is 7.05. The standard InChI is InChI=1S/C17H22N4O2/c1-12(19-17(22)20-14-5-3-6-14)13-10-18-21(11-13)15-7-4-8-16(9-15)23-2/h4,7-12,14H,3,5-6H2,1-2H3,(H2,19,20,22)/t12-/m1/s1. The van der Waals surface area contributed by atoms with Gasteiger partial charge in [0.1, 0.15) is 5.75 Å². The van der Waals surface area contributed by atoms with Gasteiger partial charge < -0.3 is 15.4 Å². The number of aromatic nitrogens is 2. The van der Waals surface area contributed by atoms with Gasteiger partial charge in [-0.3, -0.25) is 0 Å². The van der Waals surface area contributed by atoms with E-state index in [2.05, 4.69) is 15.7 Å². The normalized spacial score (nSPS) is 15.6. The van der Waals surface area contributed by atoms with E-state index in [1.54, 1.807) is 18.0 Å². The van der Waals surface area contributed by atoms with Crippen molar-refractivity contribution in [2.45, 2.75) is 38.3 Å². The zero-order valence-electron chi connectivity index (χ0n) is 13.5. The first-order valence-corrected chi connectivity index (χ1v) is 7.92.